The number of thioether (sulfide) groups is 1. The largest absolute Gasteiger partial charge is 0.385 e. The van der Waals surface area contributed by atoms with Crippen molar-refractivity contribution in [1.29, 1.82) is 0 Å². The van der Waals surface area contributed by atoms with Crippen LogP contribution in [0.25, 0.3) is 0 Å². The third kappa shape index (κ3) is 10.6. The van der Waals surface area contributed by atoms with Gasteiger partial charge in [0.2, 0.25) is 0 Å². The SMILES string of the molecule is COCCCSCCCCCCl. The Morgan fingerprint density at radius 1 is 1.08 bits per heavy atom. The molecule has 0 amide bonds. The van der Waals surface area contributed by atoms with Gasteiger partial charge in [-0.25, -0.2) is 0 Å². The van der Waals surface area contributed by atoms with Crippen molar-refractivity contribution in [3.8, 4) is 0 Å². The molecule has 0 aliphatic heterocycles. The predicted octanol–water partition coefficient (Wildman–Crippen LogP) is 3.17. The quantitative estimate of drug-likeness (QED) is 0.427. The highest BCUT2D eigenvalue weighted by molar-refractivity contribution is 7.99. The molecule has 0 saturated heterocycles. The molecule has 1 nitrogen and oxygen atoms in total. The van der Waals surface area contributed by atoms with Gasteiger partial charge in [0, 0.05) is 19.6 Å². The Hall–Kier alpha value is 0.600. The zero-order valence-corrected chi connectivity index (χ0v) is 9.42. The monoisotopic (exact) mass is 210 g/mol. The second kappa shape index (κ2) is 11.6. The maximum Gasteiger partial charge on any atom is 0.0470 e. The first-order chi connectivity index (χ1) is 5.91. The van der Waals surface area contributed by atoms with E-state index in [1.165, 1.54) is 37.2 Å². The standard InChI is InChI=1S/C9H19ClOS/c1-11-7-5-9-12-8-4-2-3-6-10/h2-9H2,1H3. The maximum absolute atomic E-state index is 5.56. The van der Waals surface area contributed by atoms with E-state index in [-0.39, 0.29) is 0 Å². The van der Waals surface area contributed by atoms with Gasteiger partial charge >= 0.3 is 0 Å². The van der Waals surface area contributed by atoms with E-state index in [2.05, 4.69) is 0 Å². The van der Waals surface area contributed by atoms with E-state index in [0.717, 1.165) is 12.5 Å². The van der Waals surface area contributed by atoms with Crippen LogP contribution in [0, 0.1) is 0 Å². The number of unbranched alkanes of at least 4 members (excludes halogenated alkanes) is 2. The second-order valence-corrected chi connectivity index (χ2v) is 4.31. The minimum atomic E-state index is 0.814. The van der Waals surface area contributed by atoms with Crippen molar-refractivity contribution in [3.05, 3.63) is 0 Å². The van der Waals surface area contributed by atoms with E-state index in [1.54, 1.807) is 7.11 Å². The van der Waals surface area contributed by atoms with E-state index in [9.17, 15) is 0 Å². The van der Waals surface area contributed by atoms with Crippen LogP contribution in [-0.2, 0) is 4.74 Å². The normalized spacial score (nSPS) is 10.5. The first-order valence-electron chi connectivity index (χ1n) is 4.54. The highest BCUT2D eigenvalue weighted by atomic mass is 35.5. The summed E-state index contributed by atoms with van der Waals surface area (Å²) in [6.07, 6.45) is 4.93. The van der Waals surface area contributed by atoms with Gasteiger partial charge < -0.3 is 4.74 Å². The van der Waals surface area contributed by atoms with Crippen LogP contribution in [0.4, 0.5) is 0 Å². The Morgan fingerprint density at radius 3 is 2.50 bits per heavy atom. The summed E-state index contributed by atoms with van der Waals surface area (Å²) >= 11 is 7.58. The van der Waals surface area contributed by atoms with Crippen molar-refractivity contribution in [2.75, 3.05) is 31.1 Å². The molecule has 0 unspecified atom stereocenters. The van der Waals surface area contributed by atoms with Gasteiger partial charge in [-0.3, -0.25) is 0 Å². The number of rotatable bonds is 9. The molecule has 0 rings (SSSR count). The molecule has 0 aromatic carbocycles. The van der Waals surface area contributed by atoms with Gasteiger partial charge in [-0.15, -0.1) is 11.6 Å². The zero-order valence-electron chi connectivity index (χ0n) is 7.85. The molecule has 12 heavy (non-hydrogen) atoms. The fourth-order valence-electron chi connectivity index (χ4n) is 0.883. The summed E-state index contributed by atoms with van der Waals surface area (Å²) in [4.78, 5) is 0. The smallest absolute Gasteiger partial charge is 0.0470 e. The average molecular weight is 211 g/mol. The van der Waals surface area contributed by atoms with Crippen LogP contribution < -0.4 is 0 Å². The number of methoxy groups -OCH3 is 1. The van der Waals surface area contributed by atoms with Gasteiger partial charge in [0.25, 0.3) is 0 Å². The van der Waals surface area contributed by atoms with Gasteiger partial charge in [0.05, 0.1) is 0 Å². The van der Waals surface area contributed by atoms with Crippen molar-refractivity contribution in [1.82, 2.24) is 0 Å². The van der Waals surface area contributed by atoms with Crippen molar-refractivity contribution in [2.24, 2.45) is 0 Å². The van der Waals surface area contributed by atoms with Crippen LogP contribution in [0.3, 0.4) is 0 Å². The molecule has 0 fully saturated rings. The van der Waals surface area contributed by atoms with Crippen LogP contribution in [-0.4, -0.2) is 31.1 Å². The molecule has 74 valence electrons. The number of ether oxygens (including phenoxy) is 1. The van der Waals surface area contributed by atoms with Crippen molar-refractivity contribution in [3.63, 3.8) is 0 Å². The van der Waals surface area contributed by atoms with Crippen molar-refractivity contribution in [2.45, 2.75) is 25.7 Å². The molecule has 0 saturated carbocycles. The predicted molar refractivity (Wildman–Crippen MR) is 58.4 cm³/mol. The molecule has 0 radical (unpaired) electrons. The van der Waals surface area contributed by atoms with Gasteiger partial charge in [0.1, 0.15) is 0 Å². The molecule has 0 spiro atoms. The molecule has 0 bridgehead atoms. The average Bonchev–Trinajstić information content (AvgIpc) is 2.10. The number of hydrogen-bond acceptors (Lipinski definition) is 2. The molecule has 0 aromatic rings. The molecule has 0 aliphatic rings. The summed E-state index contributed by atoms with van der Waals surface area (Å²) in [5.74, 6) is 3.32. The molecule has 0 aliphatic carbocycles. The van der Waals surface area contributed by atoms with Gasteiger partial charge in [0.15, 0.2) is 0 Å². The highest BCUT2D eigenvalue weighted by Gasteiger charge is 1.90. The summed E-state index contributed by atoms with van der Waals surface area (Å²) in [6, 6.07) is 0. The molecular weight excluding hydrogens is 192 g/mol. The summed E-state index contributed by atoms with van der Waals surface area (Å²) in [7, 11) is 1.76. The van der Waals surface area contributed by atoms with Crippen LogP contribution in [0.15, 0.2) is 0 Å². The fourth-order valence-corrected chi connectivity index (χ4v) is 2.01. The molecule has 0 aromatic heterocycles. The van der Waals surface area contributed by atoms with Crippen LogP contribution in [0.1, 0.15) is 25.7 Å². The Balaban J connectivity index is 2.73. The lowest BCUT2D eigenvalue weighted by Gasteiger charge is -2.00. The second-order valence-electron chi connectivity index (χ2n) is 2.71. The molecule has 0 heterocycles. The van der Waals surface area contributed by atoms with Gasteiger partial charge in [-0.1, -0.05) is 6.42 Å². The number of halogens is 1. The van der Waals surface area contributed by atoms with Crippen molar-refractivity contribution < 1.29 is 4.74 Å². The van der Waals surface area contributed by atoms with E-state index in [4.69, 9.17) is 16.3 Å². The van der Waals surface area contributed by atoms with Crippen LogP contribution >= 0.6 is 23.4 Å². The number of hydrogen-bond donors (Lipinski definition) is 0. The summed E-state index contributed by atoms with van der Waals surface area (Å²) < 4.78 is 4.96. The van der Waals surface area contributed by atoms with E-state index < -0.39 is 0 Å². The molecule has 3 heteroatoms. The third-order valence-corrected chi connectivity index (χ3v) is 2.98. The molecule has 0 N–H and O–H groups in total. The summed E-state index contributed by atoms with van der Waals surface area (Å²) in [5.41, 5.74) is 0. The first-order valence-corrected chi connectivity index (χ1v) is 6.23. The zero-order chi connectivity index (χ0) is 9.07. The van der Waals surface area contributed by atoms with Crippen molar-refractivity contribution >= 4 is 23.4 Å². The Bertz CT molecular complexity index is 70.9. The summed E-state index contributed by atoms with van der Waals surface area (Å²) in [6.45, 7) is 0.898. The minimum Gasteiger partial charge on any atom is -0.385 e. The van der Waals surface area contributed by atoms with Crippen LogP contribution in [0.5, 0.6) is 0 Å². The van der Waals surface area contributed by atoms with Crippen LogP contribution in [0.2, 0.25) is 0 Å². The van der Waals surface area contributed by atoms with E-state index >= 15 is 0 Å². The lowest BCUT2D eigenvalue weighted by Crippen LogP contribution is -1.91. The maximum atomic E-state index is 5.56. The van der Waals surface area contributed by atoms with E-state index in [0.29, 0.717) is 0 Å². The van der Waals surface area contributed by atoms with Gasteiger partial charge in [-0.05, 0) is 30.8 Å². The molecule has 0 atom stereocenters. The summed E-state index contributed by atoms with van der Waals surface area (Å²) in [5, 5.41) is 0. The molecular formula is C9H19ClOS. The highest BCUT2D eigenvalue weighted by Crippen LogP contribution is 2.07. The Kier molecular flexibility index (Phi) is 12.2. The first kappa shape index (κ1) is 12.6. The fraction of sp³-hybridized carbons (Fsp3) is 1.00. The lowest BCUT2D eigenvalue weighted by atomic mass is 10.3. The number of alkyl halides is 1. The van der Waals surface area contributed by atoms with E-state index in [1.807, 2.05) is 11.8 Å². The topological polar surface area (TPSA) is 9.23 Å². The minimum absolute atomic E-state index is 0.814. The Morgan fingerprint density at radius 2 is 1.83 bits per heavy atom. The lowest BCUT2D eigenvalue weighted by molar-refractivity contribution is 0.200. The third-order valence-electron chi connectivity index (χ3n) is 1.56. The Labute approximate surface area is 85.2 Å². The van der Waals surface area contributed by atoms with Gasteiger partial charge in [-0.2, -0.15) is 11.8 Å².